The Bertz CT molecular complexity index is 769. The number of nitrogens with two attached hydrogens (primary N) is 1. The number of phenols is 2. The Morgan fingerprint density at radius 3 is 1.48 bits per heavy atom. The number of rotatable bonds is 6. The fourth-order valence-corrected chi connectivity index (χ4v) is 2.14. The number of nitrogen functional groups attached to an aromatic ring is 1. The maximum atomic E-state index is 9.29. The minimum absolute atomic E-state index is 0.108. The quantitative estimate of drug-likeness (QED) is 0.462. The van der Waals surface area contributed by atoms with E-state index in [2.05, 4.69) is 25.6 Å². The molecule has 0 unspecified atom stereocenters. The first-order valence-electron chi connectivity index (χ1n) is 7.63. The number of aromatic nitrogens is 3. The first-order chi connectivity index (χ1) is 12.1. The van der Waals surface area contributed by atoms with Gasteiger partial charge in [-0.15, -0.1) is 0 Å². The van der Waals surface area contributed by atoms with Gasteiger partial charge in [0.1, 0.15) is 11.5 Å². The summed E-state index contributed by atoms with van der Waals surface area (Å²) in [6, 6.07) is 13.7. The van der Waals surface area contributed by atoms with Gasteiger partial charge in [0.25, 0.3) is 0 Å². The van der Waals surface area contributed by atoms with Crippen LogP contribution in [0, 0.1) is 0 Å². The topological polar surface area (TPSA) is 129 Å². The summed E-state index contributed by atoms with van der Waals surface area (Å²) >= 11 is 0. The second kappa shape index (κ2) is 7.35. The van der Waals surface area contributed by atoms with Gasteiger partial charge < -0.3 is 26.6 Å². The van der Waals surface area contributed by atoms with E-state index in [1.807, 2.05) is 0 Å². The largest absolute Gasteiger partial charge is 0.508 e. The monoisotopic (exact) mass is 338 g/mol. The molecule has 3 aromatic rings. The fourth-order valence-electron chi connectivity index (χ4n) is 2.14. The lowest BCUT2D eigenvalue weighted by atomic mass is 10.2. The van der Waals surface area contributed by atoms with Crippen molar-refractivity contribution in [2.24, 2.45) is 0 Å². The molecule has 0 radical (unpaired) electrons. The van der Waals surface area contributed by atoms with Crippen molar-refractivity contribution in [3.05, 3.63) is 59.7 Å². The number of phenolic OH excluding ortho intramolecular Hbond substituents is 2. The Labute approximate surface area is 144 Å². The Morgan fingerprint density at radius 2 is 1.08 bits per heavy atom. The van der Waals surface area contributed by atoms with E-state index in [4.69, 9.17) is 5.73 Å². The van der Waals surface area contributed by atoms with Crippen LogP contribution in [-0.4, -0.2) is 25.2 Å². The SMILES string of the molecule is Nc1nc(NCc2ccc(O)cc2)nc(NCc2ccc(O)cc2)n1. The lowest BCUT2D eigenvalue weighted by Crippen LogP contribution is -2.11. The summed E-state index contributed by atoms with van der Waals surface area (Å²) in [4.78, 5) is 12.4. The molecular weight excluding hydrogens is 320 g/mol. The highest BCUT2D eigenvalue weighted by molar-refractivity contribution is 5.41. The molecular formula is C17H18N6O2. The molecule has 0 bridgehead atoms. The van der Waals surface area contributed by atoms with E-state index in [0.29, 0.717) is 25.0 Å². The lowest BCUT2D eigenvalue weighted by Gasteiger charge is -2.09. The van der Waals surface area contributed by atoms with Crippen LogP contribution in [-0.2, 0) is 13.1 Å². The van der Waals surface area contributed by atoms with E-state index >= 15 is 0 Å². The minimum atomic E-state index is 0.108. The van der Waals surface area contributed by atoms with Crippen LogP contribution in [0.2, 0.25) is 0 Å². The van der Waals surface area contributed by atoms with E-state index < -0.39 is 0 Å². The van der Waals surface area contributed by atoms with Crippen molar-refractivity contribution in [1.29, 1.82) is 0 Å². The number of benzene rings is 2. The van der Waals surface area contributed by atoms with Crippen LogP contribution in [0.15, 0.2) is 48.5 Å². The van der Waals surface area contributed by atoms with Crippen LogP contribution in [0.1, 0.15) is 11.1 Å². The number of aromatic hydroxyl groups is 2. The number of nitrogens with zero attached hydrogens (tertiary/aromatic N) is 3. The van der Waals surface area contributed by atoms with Gasteiger partial charge in [0.2, 0.25) is 17.8 Å². The van der Waals surface area contributed by atoms with Gasteiger partial charge in [-0.2, -0.15) is 15.0 Å². The molecule has 0 fully saturated rings. The zero-order chi connectivity index (χ0) is 17.6. The highest BCUT2D eigenvalue weighted by Crippen LogP contribution is 2.14. The predicted octanol–water partition coefficient (Wildman–Crippen LogP) is 2.09. The molecule has 0 spiro atoms. The van der Waals surface area contributed by atoms with Gasteiger partial charge in [-0.3, -0.25) is 0 Å². The molecule has 6 N–H and O–H groups in total. The molecule has 128 valence electrons. The third kappa shape index (κ3) is 4.71. The van der Waals surface area contributed by atoms with Crippen molar-refractivity contribution >= 4 is 17.8 Å². The van der Waals surface area contributed by atoms with E-state index in [1.165, 1.54) is 0 Å². The van der Waals surface area contributed by atoms with E-state index in [1.54, 1.807) is 48.5 Å². The molecule has 2 aromatic carbocycles. The molecule has 0 saturated heterocycles. The molecule has 3 rings (SSSR count). The number of anilines is 3. The molecule has 0 atom stereocenters. The number of hydrogen-bond donors (Lipinski definition) is 5. The Morgan fingerprint density at radius 1 is 0.680 bits per heavy atom. The molecule has 0 amide bonds. The number of hydrogen-bond acceptors (Lipinski definition) is 8. The van der Waals surface area contributed by atoms with Crippen molar-refractivity contribution < 1.29 is 10.2 Å². The van der Waals surface area contributed by atoms with E-state index in [9.17, 15) is 10.2 Å². The van der Waals surface area contributed by atoms with Crippen LogP contribution in [0.5, 0.6) is 11.5 Å². The Kier molecular flexibility index (Phi) is 4.79. The van der Waals surface area contributed by atoms with Gasteiger partial charge in [0.05, 0.1) is 0 Å². The van der Waals surface area contributed by atoms with Gasteiger partial charge in [0, 0.05) is 13.1 Å². The molecule has 0 aliphatic heterocycles. The molecule has 8 nitrogen and oxygen atoms in total. The van der Waals surface area contributed by atoms with Crippen molar-refractivity contribution in [3.8, 4) is 11.5 Å². The molecule has 0 aliphatic rings. The Hall–Kier alpha value is -3.55. The Balaban J connectivity index is 1.63. The van der Waals surface area contributed by atoms with Crippen molar-refractivity contribution in [1.82, 2.24) is 15.0 Å². The van der Waals surface area contributed by atoms with Crippen molar-refractivity contribution in [3.63, 3.8) is 0 Å². The smallest absolute Gasteiger partial charge is 0.229 e. The second-order valence-electron chi connectivity index (χ2n) is 5.38. The first-order valence-corrected chi connectivity index (χ1v) is 7.63. The lowest BCUT2D eigenvalue weighted by molar-refractivity contribution is 0.474. The number of nitrogens with one attached hydrogen (secondary N) is 2. The summed E-state index contributed by atoms with van der Waals surface area (Å²) < 4.78 is 0. The van der Waals surface area contributed by atoms with Gasteiger partial charge in [-0.05, 0) is 35.4 Å². The van der Waals surface area contributed by atoms with Gasteiger partial charge in [-0.1, -0.05) is 24.3 Å². The third-order valence-electron chi connectivity index (χ3n) is 3.43. The van der Waals surface area contributed by atoms with Gasteiger partial charge >= 0.3 is 0 Å². The molecule has 0 aliphatic carbocycles. The minimum Gasteiger partial charge on any atom is -0.508 e. The summed E-state index contributed by atoms with van der Waals surface area (Å²) in [6.07, 6.45) is 0. The second-order valence-corrected chi connectivity index (χ2v) is 5.38. The molecule has 0 saturated carbocycles. The van der Waals surface area contributed by atoms with Crippen LogP contribution in [0.3, 0.4) is 0 Å². The highest BCUT2D eigenvalue weighted by atomic mass is 16.3. The summed E-state index contributed by atoms with van der Waals surface area (Å²) in [5.74, 6) is 1.25. The average Bonchev–Trinajstić information content (AvgIpc) is 2.60. The molecule has 8 heteroatoms. The fraction of sp³-hybridized carbons (Fsp3) is 0.118. The standard InChI is InChI=1S/C17H18N6O2/c18-15-21-16(19-9-11-1-5-13(24)6-2-11)23-17(22-15)20-10-12-3-7-14(25)8-4-12/h1-8,24-25H,9-10H2,(H4,18,19,20,21,22,23). The van der Waals surface area contributed by atoms with Crippen LogP contribution in [0.25, 0.3) is 0 Å². The zero-order valence-corrected chi connectivity index (χ0v) is 13.3. The van der Waals surface area contributed by atoms with E-state index in [0.717, 1.165) is 11.1 Å². The highest BCUT2D eigenvalue weighted by Gasteiger charge is 2.05. The molecule has 25 heavy (non-hydrogen) atoms. The van der Waals surface area contributed by atoms with Crippen molar-refractivity contribution in [2.45, 2.75) is 13.1 Å². The predicted molar refractivity (Wildman–Crippen MR) is 95.1 cm³/mol. The summed E-state index contributed by atoms with van der Waals surface area (Å²) in [5, 5.41) is 24.7. The summed E-state index contributed by atoms with van der Waals surface area (Å²) in [6.45, 7) is 0.974. The summed E-state index contributed by atoms with van der Waals surface area (Å²) in [7, 11) is 0. The maximum absolute atomic E-state index is 9.29. The van der Waals surface area contributed by atoms with Crippen LogP contribution >= 0.6 is 0 Å². The van der Waals surface area contributed by atoms with Crippen LogP contribution < -0.4 is 16.4 Å². The molecule has 1 aromatic heterocycles. The average molecular weight is 338 g/mol. The zero-order valence-electron chi connectivity index (χ0n) is 13.3. The van der Waals surface area contributed by atoms with Gasteiger partial charge in [-0.25, -0.2) is 0 Å². The van der Waals surface area contributed by atoms with Gasteiger partial charge in [0.15, 0.2) is 0 Å². The van der Waals surface area contributed by atoms with Crippen LogP contribution in [0.4, 0.5) is 17.8 Å². The van der Waals surface area contributed by atoms with E-state index in [-0.39, 0.29) is 17.4 Å². The maximum Gasteiger partial charge on any atom is 0.229 e. The third-order valence-corrected chi connectivity index (χ3v) is 3.43. The van der Waals surface area contributed by atoms with Crippen molar-refractivity contribution in [2.75, 3.05) is 16.4 Å². The first kappa shape index (κ1) is 16.3. The summed E-state index contributed by atoms with van der Waals surface area (Å²) in [5.41, 5.74) is 7.66. The molecule has 1 heterocycles. The normalized spacial score (nSPS) is 10.4.